The molecule has 0 aromatic carbocycles. The van der Waals surface area contributed by atoms with Gasteiger partial charge in [-0.2, -0.15) is 0 Å². The largest absolute Gasteiger partial charge is 0.0499 e. The van der Waals surface area contributed by atoms with E-state index in [1.165, 1.54) is 35.5 Å². The van der Waals surface area contributed by atoms with Crippen LogP contribution >= 0.6 is 0 Å². The third-order valence-electron chi connectivity index (χ3n) is 6.29. The molecule has 0 aromatic heterocycles. The van der Waals surface area contributed by atoms with Crippen molar-refractivity contribution in [1.82, 2.24) is 0 Å². The van der Waals surface area contributed by atoms with E-state index in [0.717, 1.165) is 0 Å². The van der Waals surface area contributed by atoms with Gasteiger partial charge in [0.1, 0.15) is 0 Å². The lowest BCUT2D eigenvalue weighted by atomic mass is 9.60. The summed E-state index contributed by atoms with van der Waals surface area (Å²) >= 11 is 0. The van der Waals surface area contributed by atoms with Gasteiger partial charge in [-0.15, -0.1) is 0 Å². The summed E-state index contributed by atoms with van der Waals surface area (Å²) in [6.07, 6.45) is 12.9. The monoisotopic (exact) mass is 190 g/mol. The summed E-state index contributed by atoms with van der Waals surface area (Å²) in [5.74, 6) is 7.11. The van der Waals surface area contributed by atoms with Gasteiger partial charge in [-0.3, -0.25) is 0 Å². The predicted octanol–water partition coefficient (Wildman–Crippen LogP) is 3.86. The molecule has 0 N–H and O–H groups in total. The minimum Gasteiger partial charge on any atom is -0.0499 e. The topological polar surface area (TPSA) is 0 Å². The van der Waals surface area contributed by atoms with E-state index in [9.17, 15) is 0 Å². The second-order valence-electron chi connectivity index (χ2n) is 6.57. The molecule has 6 atom stereocenters. The molecule has 4 saturated carbocycles. The van der Waals surface area contributed by atoms with Crippen LogP contribution in [0, 0.1) is 35.5 Å². The Balaban J connectivity index is 1.68. The minimum atomic E-state index is 1.17. The van der Waals surface area contributed by atoms with Gasteiger partial charge in [-0.05, 0) is 86.9 Å². The van der Waals surface area contributed by atoms with Crippen LogP contribution in [-0.2, 0) is 0 Å². The zero-order valence-electron chi connectivity index (χ0n) is 9.12. The Morgan fingerprint density at radius 2 is 0.857 bits per heavy atom. The van der Waals surface area contributed by atoms with Gasteiger partial charge >= 0.3 is 0 Å². The summed E-state index contributed by atoms with van der Waals surface area (Å²) in [5, 5.41) is 0. The van der Waals surface area contributed by atoms with Crippen LogP contribution in [0.2, 0.25) is 0 Å². The van der Waals surface area contributed by atoms with Gasteiger partial charge in [0.2, 0.25) is 0 Å². The van der Waals surface area contributed by atoms with E-state index >= 15 is 0 Å². The molecule has 0 heteroatoms. The fraction of sp³-hybridized carbons (Fsp3) is 1.00. The first kappa shape index (κ1) is 8.19. The smallest absolute Gasteiger partial charge is 0.0355 e. The molecule has 14 heavy (non-hydrogen) atoms. The van der Waals surface area contributed by atoms with Gasteiger partial charge < -0.3 is 0 Å². The first-order valence-electron chi connectivity index (χ1n) is 6.92. The molecule has 0 aromatic rings. The van der Waals surface area contributed by atoms with E-state index in [0.29, 0.717) is 0 Å². The Hall–Kier alpha value is 0. The minimum absolute atomic E-state index is 1.17. The molecule has 0 spiro atoms. The Labute approximate surface area is 87.5 Å². The fourth-order valence-corrected chi connectivity index (χ4v) is 5.46. The lowest BCUT2D eigenvalue weighted by Gasteiger charge is -2.45. The molecule has 0 saturated heterocycles. The van der Waals surface area contributed by atoms with Crippen LogP contribution in [0.1, 0.15) is 51.4 Å². The van der Waals surface area contributed by atoms with Crippen molar-refractivity contribution < 1.29 is 0 Å². The van der Waals surface area contributed by atoms with Gasteiger partial charge in [-0.25, -0.2) is 0 Å². The molecule has 78 valence electrons. The molecular weight excluding hydrogens is 168 g/mol. The normalized spacial score (nSPS) is 60.0. The highest BCUT2D eigenvalue weighted by Crippen LogP contribution is 2.59. The molecule has 4 bridgehead atoms. The third kappa shape index (κ3) is 0.955. The van der Waals surface area contributed by atoms with Crippen LogP contribution in [0.25, 0.3) is 0 Å². The van der Waals surface area contributed by atoms with Crippen molar-refractivity contribution >= 4 is 0 Å². The van der Waals surface area contributed by atoms with Crippen molar-refractivity contribution in [3.8, 4) is 0 Å². The zero-order chi connectivity index (χ0) is 9.12. The van der Waals surface area contributed by atoms with Crippen LogP contribution in [-0.4, -0.2) is 0 Å². The Bertz CT molecular complexity index is 218. The molecule has 0 aliphatic heterocycles. The quantitative estimate of drug-likeness (QED) is 0.509. The number of hydrogen-bond donors (Lipinski definition) is 0. The van der Waals surface area contributed by atoms with E-state index in [1.807, 2.05) is 0 Å². The Kier molecular flexibility index (Phi) is 1.62. The lowest BCUT2D eigenvalue weighted by molar-refractivity contribution is 0.0424. The van der Waals surface area contributed by atoms with E-state index in [1.54, 1.807) is 51.4 Å². The molecule has 6 unspecified atom stereocenters. The molecule has 4 aliphatic carbocycles. The highest BCUT2D eigenvalue weighted by molar-refractivity contribution is 5.00. The summed E-state index contributed by atoms with van der Waals surface area (Å²) < 4.78 is 0. The molecule has 0 amide bonds. The molecule has 4 fully saturated rings. The highest BCUT2D eigenvalue weighted by atomic mass is 14.5. The Morgan fingerprint density at radius 3 is 1.29 bits per heavy atom. The molecule has 0 radical (unpaired) electrons. The number of hydrogen-bond acceptors (Lipinski definition) is 0. The van der Waals surface area contributed by atoms with Crippen LogP contribution < -0.4 is 0 Å². The van der Waals surface area contributed by atoms with Gasteiger partial charge in [-0.1, -0.05) is 0 Å². The second kappa shape index (κ2) is 2.77. The van der Waals surface area contributed by atoms with Crippen LogP contribution in [0.15, 0.2) is 0 Å². The maximum Gasteiger partial charge on any atom is -0.0355 e. The summed E-state index contributed by atoms with van der Waals surface area (Å²) in [6.45, 7) is 0. The first-order valence-corrected chi connectivity index (χ1v) is 6.92. The number of fused-ring (bicyclic) bond motifs is 8. The zero-order valence-corrected chi connectivity index (χ0v) is 9.12. The van der Waals surface area contributed by atoms with E-state index in [2.05, 4.69) is 0 Å². The summed E-state index contributed by atoms with van der Waals surface area (Å²) in [5.41, 5.74) is 0. The van der Waals surface area contributed by atoms with E-state index in [-0.39, 0.29) is 0 Å². The maximum atomic E-state index is 1.64. The third-order valence-corrected chi connectivity index (χ3v) is 6.29. The molecular formula is C14H22. The molecule has 4 rings (SSSR count). The van der Waals surface area contributed by atoms with Crippen LogP contribution in [0.3, 0.4) is 0 Å². The molecule has 4 aliphatic rings. The van der Waals surface area contributed by atoms with Crippen molar-refractivity contribution in [1.29, 1.82) is 0 Å². The van der Waals surface area contributed by atoms with Crippen LogP contribution in [0.5, 0.6) is 0 Å². The summed E-state index contributed by atoms with van der Waals surface area (Å²) in [7, 11) is 0. The van der Waals surface area contributed by atoms with Gasteiger partial charge in [0, 0.05) is 0 Å². The second-order valence-corrected chi connectivity index (χ2v) is 6.57. The van der Waals surface area contributed by atoms with E-state index < -0.39 is 0 Å². The van der Waals surface area contributed by atoms with Crippen molar-refractivity contribution in [3.05, 3.63) is 0 Å². The predicted molar refractivity (Wildman–Crippen MR) is 57.9 cm³/mol. The van der Waals surface area contributed by atoms with Crippen LogP contribution in [0.4, 0.5) is 0 Å². The summed E-state index contributed by atoms with van der Waals surface area (Å²) in [6, 6.07) is 0. The van der Waals surface area contributed by atoms with E-state index in [4.69, 9.17) is 0 Å². The van der Waals surface area contributed by atoms with Gasteiger partial charge in [0.05, 0.1) is 0 Å². The highest BCUT2D eigenvalue weighted by Gasteiger charge is 2.49. The first-order chi connectivity index (χ1) is 6.92. The van der Waals surface area contributed by atoms with Crippen molar-refractivity contribution in [2.75, 3.05) is 0 Å². The Morgan fingerprint density at radius 1 is 0.429 bits per heavy atom. The molecule has 0 nitrogen and oxygen atoms in total. The summed E-state index contributed by atoms with van der Waals surface area (Å²) in [4.78, 5) is 0. The van der Waals surface area contributed by atoms with Crippen molar-refractivity contribution in [2.45, 2.75) is 51.4 Å². The lowest BCUT2D eigenvalue weighted by Crippen LogP contribution is -2.37. The molecule has 0 heterocycles. The fourth-order valence-electron chi connectivity index (χ4n) is 5.46. The van der Waals surface area contributed by atoms with Gasteiger partial charge in [0.15, 0.2) is 0 Å². The van der Waals surface area contributed by atoms with Gasteiger partial charge in [0.25, 0.3) is 0 Å². The maximum absolute atomic E-state index is 1.64. The average Bonchev–Trinajstić information content (AvgIpc) is 2.69. The number of rotatable bonds is 0. The van der Waals surface area contributed by atoms with Crippen molar-refractivity contribution in [2.24, 2.45) is 35.5 Å². The average molecular weight is 190 g/mol. The standard InChI is InChI=1S/C14H22/c1-3-11-7-9(1)10-2-4-12(8-10)14-6-5-13(11)14/h9-14H,1-8H2. The van der Waals surface area contributed by atoms with Crippen molar-refractivity contribution in [3.63, 3.8) is 0 Å². The SMILES string of the molecule is C1CC2CC1C1CCC(C1)C1CCC21.